The molecular formula is C15H21BrO4S. The van der Waals surface area contributed by atoms with E-state index in [4.69, 9.17) is 9.47 Å². The van der Waals surface area contributed by atoms with Crippen molar-refractivity contribution in [2.24, 2.45) is 5.41 Å². The maximum absolute atomic E-state index is 12.5. The van der Waals surface area contributed by atoms with Crippen LogP contribution in [0.5, 0.6) is 0 Å². The van der Waals surface area contributed by atoms with Crippen molar-refractivity contribution in [1.29, 1.82) is 0 Å². The predicted molar refractivity (Wildman–Crippen MR) is 86.3 cm³/mol. The van der Waals surface area contributed by atoms with Gasteiger partial charge in [0.15, 0.2) is 5.41 Å². The molecular weight excluding hydrogens is 356 g/mol. The lowest BCUT2D eigenvalue weighted by Crippen LogP contribution is -2.44. The molecule has 6 heteroatoms. The topological polar surface area (TPSA) is 52.6 Å². The zero-order valence-corrected chi connectivity index (χ0v) is 15.0. The van der Waals surface area contributed by atoms with Crippen molar-refractivity contribution in [2.45, 2.75) is 40.0 Å². The molecule has 0 unspecified atom stereocenters. The van der Waals surface area contributed by atoms with E-state index in [-0.39, 0.29) is 13.2 Å². The first kappa shape index (κ1) is 18.2. The molecule has 0 spiro atoms. The maximum Gasteiger partial charge on any atom is 0.323 e. The van der Waals surface area contributed by atoms with Crippen LogP contribution in [0.15, 0.2) is 15.9 Å². The van der Waals surface area contributed by atoms with Crippen molar-refractivity contribution < 1.29 is 19.1 Å². The molecule has 0 bridgehead atoms. The minimum absolute atomic E-state index is 0.245. The van der Waals surface area contributed by atoms with E-state index in [1.165, 1.54) is 11.3 Å². The van der Waals surface area contributed by atoms with Crippen LogP contribution in [0.25, 0.3) is 0 Å². The van der Waals surface area contributed by atoms with E-state index in [9.17, 15) is 9.59 Å². The summed E-state index contributed by atoms with van der Waals surface area (Å²) in [6, 6.07) is 1.91. The monoisotopic (exact) mass is 376 g/mol. The number of halogens is 1. The smallest absolute Gasteiger partial charge is 0.323 e. The molecule has 1 aromatic heterocycles. The third-order valence-electron chi connectivity index (χ3n) is 3.16. The van der Waals surface area contributed by atoms with Crippen molar-refractivity contribution in [2.75, 3.05) is 13.2 Å². The van der Waals surface area contributed by atoms with Gasteiger partial charge in [0.1, 0.15) is 0 Å². The van der Waals surface area contributed by atoms with Crippen LogP contribution in [0.3, 0.4) is 0 Å². The maximum atomic E-state index is 12.5. The Hall–Kier alpha value is -0.880. The van der Waals surface area contributed by atoms with Crippen molar-refractivity contribution >= 4 is 39.2 Å². The highest BCUT2D eigenvalue weighted by Gasteiger charge is 2.48. The highest BCUT2D eigenvalue weighted by atomic mass is 79.9. The van der Waals surface area contributed by atoms with E-state index >= 15 is 0 Å². The fourth-order valence-corrected chi connectivity index (χ4v) is 3.82. The van der Waals surface area contributed by atoms with Crippen LogP contribution in [-0.2, 0) is 25.5 Å². The number of esters is 2. The van der Waals surface area contributed by atoms with Crippen LogP contribution in [0.2, 0.25) is 0 Å². The second-order valence-corrected chi connectivity index (χ2v) is 6.50. The Morgan fingerprint density at radius 3 is 2.14 bits per heavy atom. The molecule has 0 amide bonds. The van der Waals surface area contributed by atoms with Gasteiger partial charge in [0, 0.05) is 15.8 Å². The second kappa shape index (κ2) is 8.54. The molecule has 0 aliphatic heterocycles. The molecule has 21 heavy (non-hydrogen) atoms. The average molecular weight is 377 g/mol. The predicted octanol–water partition coefficient (Wildman–Crippen LogP) is 3.97. The fourth-order valence-electron chi connectivity index (χ4n) is 2.21. The zero-order valence-electron chi connectivity index (χ0n) is 12.6. The summed E-state index contributed by atoms with van der Waals surface area (Å²) in [5.74, 6) is -0.990. The summed E-state index contributed by atoms with van der Waals surface area (Å²) < 4.78 is 11.2. The van der Waals surface area contributed by atoms with E-state index in [0.717, 1.165) is 9.35 Å². The van der Waals surface area contributed by atoms with Crippen molar-refractivity contribution in [3.05, 3.63) is 20.8 Å². The van der Waals surface area contributed by atoms with Crippen LogP contribution in [0, 0.1) is 5.41 Å². The average Bonchev–Trinajstić information content (AvgIpc) is 2.84. The molecule has 0 atom stereocenters. The van der Waals surface area contributed by atoms with Gasteiger partial charge in [0.25, 0.3) is 0 Å². The summed E-state index contributed by atoms with van der Waals surface area (Å²) in [4.78, 5) is 25.9. The number of carbonyl (C=O) groups excluding carboxylic acids is 2. The molecule has 1 rings (SSSR count). The molecule has 118 valence electrons. The van der Waals surface area contributed by atoms with E-state index in [1.807, 2.05) is 18.4 Å². The van der Waals surface area contributed by atoms with Gasteiger partial charge in [-0.3, -0.25) is 9.59 Å². The molecule has 1 aromatic rings. The first-order chi connectivity index (χ1) is 10.0. The molecule has 0 saturated heterocycles. The molecule has 0 saturated carbocycles. The molecule has 1 heterocycles. The Balaban J connectivity index is 3.19. The minimum Gasteiger partial charge on any atom is -0.465 e. The molecule has 0 fully saturated rings. The Kier molecular flexibility index (Phi) is 7.39. The lowest BCUT2D eigenvalue weighted by molar-refractivity contribution is -0.172. The summed E-state index contributed by atoms with van der Waals surface area (Å²) in [5.41, 5.74) is -1.26. The number of carbonyl (C=O) groups is 2. The fraction of sp³-hybridized carbons (Fsp3) is 0.600. The number of ether oxygens (including phenoxy) is 2. The summed E-state index contributed by atoms with van der Waals surface area (Å²) in [5, 5.41) is 1.92. The van der Waals surface area contributed by atoms with Crippen molar-refractivity contribution in [3.63, 3.8) is 0 Å². The summed E-state index contributed by atoms with van der Waals surface area (Å²) in [6.45, 7) is 5.91. The first-order valence-electron chi connectivity index (χ1n) is 7.08. The largest absolute Gasteiger partial charge is 0.465 e. The van der Waals surface area contributed by atoms with E-state index < -0.39 is 17.4 Å². The van der Waals surface area contributed by atoms with Crippen LogP contribution in [-0.4, -0.2) is 25.2 Å². The second-order valence-electron chi connectivity index (χ2n) is 4.64. The van der Waals surface area contributed by atoms with E-state index in [0.29, 0.717) is 19.3 Å². The number of rotatable bonds is 8. The molecule has 0 N–H and O–H groups in total. The number of thiophene rings is 1. The standard InChI is InChI=1S/C15H21BrO4S/c1-4-8-15(13(17)19-5-2,14(18)20-6-3)10-12-11(16)7-9-21-12/h7,9H,4-6,8,10H2,1-3H3. The summed E-state index contributed by atoms with van der Waals surface area (Å²) in [6.07, 6.45) is 1.41. The normalized spacial score (nSPS) is 11.2. The van der Waals surface area contributed by atoms with Crippen LogP contribution >= 0.6 is 27.3 Å². The quantitative estimate of drug-likeness (QED) is 0.508. The lowest BCUT2D eigenvalue weighted by atomic mass is 9.79. The number of hydrogen-bond donors (Lipinski definition) is 0. The Labute approximate surface area is 138 Å². The van der Waals surface area contributed by atoms with Gasteiger partial charge in [-0.25, -0.2) is 0 Å². The lowest BCUT2D eigenvalue weighted by Gasteiger charge is -2.28. The van der Waals surface area contributed by atoms with Crippen LogP contribution in [0.1, 0.15) is 38.5 Å². The third-order valence-corrected chi connectivity index (χ3v) is 5.09. The molecule has 4 nitrogen and oxygen atoms in total. The van der Waals surface area contributed by atoms with E-state index in [1.54, 1.807) is 13.8 Å². The SMILES string of the molecule is CCCC(Cc1sccc1Br)(C(=O)OCC)C(=O)OCC. The number of hydrogen-bond acceptors (Lipinski definition) is 5. The van der Waals surface area contributed by atoms with Crippen molar-refractivity contribution in [3.8, 4) is 0 Å². The molecule has 0 aliphatic rings. The van der Waals surface area contributed by atoms with Crippen LogP contribution < -0.4 is 0 Å². The van der Waals surface area contributed by atoms with Gasteiger partial charge in [0.05, 0.1) is 13.2 Å². The summed E-state index contributed by atoms with van der Waals surface area (Å²) in [7, 11) is 0. The zero-order chi connectivity index (χ0) is 15.9. The highest BCUT2D eigenvalue weighted by molar-refractivity contribution is 9.10. The molecule has 0 aliphatic carbocycles. The van der Waals surface area contributed by atoms with Gasteiger partial charge < -0.3 is 9.47 Å². The highest BCUT2D eigenvalue weighted by Crippen LogP contribution is 2.36. The van der Waals surface area contributed by atoms with Gasteiger partial charge in [0.2, 0.25) is 0 Å². The Bertz CT molecular complexity index is 466. The van der Waals surface area contributed by atoms with E-state index in [2.05, 4.69) is 15.9 Å². The Morgan fingerprint density at radius 2 is 1.76 bits per heavy atom. The summed E-state index contributed by atoms with van der Waals surface area (Å²) >= 11 is 4.96. The third kappa shape index (κ3) is 4.30. The molecule has 0 aromatic carbocycles. The molecule has 0 radical (unpaired) electrons. The Morgan fingerprint density at radius 1 is 1.19 bits per heavy atom. The van der Waals surface area contributed by atoms with Crippen LogP contribution in [0.4, 0.5) is 0 Å². The van der Waals surface area contributed by atoms with Crippen molar-refractivity contribution in [1.82, 2.24) is 0 Å². The van der Waals surface area contributed by atoms with Gasteiger partial charge in [-0.1, -0.05) is 13.3 Å². The van der Waals surface area contributed by atoms with Gasteiger partial charge in [-0.05, 0) is 47.6 Å². The minimum atomic E-state index is -1.26. The van der Waals surface area contributed by atoms with Gasteiger partial charge >= 0.3 is 11.9 Å². The van der Waals surface area contributed by atoms with Gasteiger partial charge in [-0.15, -0.1) is 11.3 Å². The first-order valence-corrected chi connectivity index (χ1v) is 8.75. The van der Waals surface area contributed by atoms with Gasteiger partial charge in [-0.2, -0.15) is 0 Å².